The van der Waals surface area contributed by atoms with E-state index >= 15 is 0 Å². The molecule has 5 rings (SSSR count). The van der Waals surface area contributed by atoms with Crippen LogP contribution in [0.25, 0.3) is 22.6 Å². The third-order valence-corrected chi connectivity index (χ3v) is 5.71. The Balaban J connectivity index is 1.64. The van der Waals surface area contributed by atoms with E-state index < -0.39 is 5.97 Å². The molecule has 33 heavy (non-hydrogen) atoms. The molecule has 0 aliphatic carbocycles. The van der Waals surface area contributed by atoms with Gasteiger partial charge in [-0.15, -0.1) is 0 Å². The summed E-state index contributed by atoms with van der Waals surface area (Å²) in [6, 6.07) is 3.87. The van der Waals surface area contributed by atoms with Crippen molar-refractivity contribution in [2.75, 3.05) is 25.2 Å². The summed E-state index contributed by atoms with van der Waals surface area (Å²) in [7, 11) is 1.34. The molecule has 170 valence electrons. The van der Waals surface area contributed by atoms with Crippen LogP contribution in [0.5, 0.6) is 5.75 Å². The van der Waals surface area contributed by atoms with Crippen molar-refractivity contribution in [1.29, 1.82) is 0 Å². The minimum atomic E-state index is -0.467. The van der Waals surface area contributed by atoms with Crippen molar-refractivity contribution in [2.45, 2.75) is 33.4 Å². The fourth-order valence-corrected chi connectivity index (χ4v) is 4.11. The summed E-state index contributed by atoms with van der Waals surface area (Å²) in [6.45, 7) is 7.84. The van der Waals surface area contributed by atoms with Crippen LogP contribution in [0.2, 0.25) is 0 Å². The summed E-state index contributed by atoms with van der Waals surface area (Å²) >= 11 is 0. The topological polar surface area (TPSA) is 108 Å². The van der Waals surface area contributed by atoms with Gasteiger partial charge in [0, 0.05) is 31.4 Å². The average molecular weight is 448 g/mol. The molecule has 1 aliphatic rings. The highest BCUT2D eigenvalue weighted by atomic mass is 16.5. The number of likely N-dealkylation sites (N-methyl/N-ethyl adjacent to an activating group) is 1. The van der Waals surface area contributed by atoms with Crippen molar-refractivity contribution in [2.24, 2.45) is 0 Å². The van der Waals surface area contributed by atoms with E-state index in [2.05, 4.69) is 28.7 Å². The highest BCUT2D eigenvalue weighted by Gasteiger charge is 2.26. The maximum atomic E-state index is 12.0. The molecular weight excluding hydrogens is 424 g/mol. The molecule has 0 bridgehead atoms. The maximum Gasteiger partial charge on any atom is 0.339 e. The largest absolute Gasteiger partial charge is 0.488 e. The van der Waals surface area contributed by atoms with E-state index in [1.54, 1.807) is 25.5 Å². The number of rotatable bonds is 5. The molecule has 0 radical (unpaired) electrons. The predicted octanol–water partition coefficient (Wildman–Crippen LogP) is 3.23. The number of hydrogen-bond donors (Lipinski definition) is 0. The van der Waals surface area contributed by atoms with Crippen molar-refractivity contribution < 1.29 is 18.7 Å². The second-order valence-corrected chi connectivity index (χ2v) is 7.93. The van der Waals surface area contributed by atoms with Gasteiger partial charge in [-0.1, -0.05) is 0 Å². The summed E-state index contributed by atoms with van der Waals surface area (Å²) in [5, 5.41) is 0. The first-order valence-corrected chi connectivity index (χ1v) is 10.7. The first-order valence-electron chi connectivity index (χ1n) is 10.7. The van der Waals surface area contributed by atoms with E-state index in [9.17, 15) is 4.79 Å². The van der Waals surface area contributed by atoms with E-state index in [1.807, 2.05) is 10.6 Å². The first kappa shape index (κ1) is 20.9. The number of aryl methyl sites for hydroxylation is 1. The number of oxazole rings is 1. The fourth-order valence-electron chi connectivity index (χ4n) is 4.11. The van der Waals surface area contributed by atoms with E-state index in [0.29, 0.717) is 47.3 Å². The SMILES string of the molecule is CCN1c2ncc(-c3nc4cc(C(=O)OC)cnc4n3Cc3coc(C)n3)cc2OCC1C. The molecule has 0 fully saturated rings. The number of aromatic nitrogens is 5. The smallest absolute Gasteiger partial charge is 0.339 e. The lowest BCUT2D eigenvalue weighted by Gasteiger charge is -2.34. The molecule has 0 saturated carbocycles. The van der Waals surface area contributed by atoms with Crippen LogP contribution in [0, 0.1) is 6.92 Å². The Kier molecular flexibility index (Phi) is 5.20. The molecule has 4 aromatic heterocycles. The first-order chi connectivity index (χ1) is 16.0. The number of hydrogen-bond acceptors (Lipinski definition) is 9. The maximum absolute atomic E-state index is 12.0. The number of carbonyl (C=O) groups excluding carboxylic acids is 1. The van der Waals surface area contributed by atoms with Crippen LogP contribution in [0.15, 0.2) is 35.2 Å². The Bertz CT molecular complexity index is 1340. The quantitative estimate of drug-likeness (QED) is 0.425. The zero-order chi connectivity index (χ0) is 23.1. The second-order valence-electron chi connectivity index (χ2n) is 7.93. The van der Waals surface area contributed by atoms with Crippen LogP contribution < -0.4 is 9.64 Å². The van der Waals surface area contributed by atoms with Crippen molar-refractivity contribution >= 4 is 23.0 Å². The Morgan fingerprint density at radius 3 is 2.82 bits per heavy atom. The Labute approximate surface area is 190 Å². The molecule has 0 spiro atoms. The standard InChI is InChI=1S/C23H24N6O4/c1-5-28-13(2)11-33-19-7-15(8-25-22(19)28)20-27-18-6-16(23(30)31-4)9-24-21(18)29(20)10-17-12-32-14(3)26-17/h6-9,12-13H,5,10-11H2,1-4H3. The summed E-state index contributed by atoms with van der Waals surface area (Å²) < 4.78 is 18.1. The molecule has 0 amide bonds. The van der Waals surface area contributed by atoms with Gasteiger partial charge in [-0.2, -0.15) is 0 Å². The second kappa shape index (κ2) is 8.19. The highest BCUT2D eigenvalue weighted by molar-refractivity contribution is 5.92. The average Bonchev–Trinajstić information content (AvgIpc) is 3.41. The zero-order valence-corrected chi connectivity index (χ0v) is 18.9. The van der Waals surface area contributed by atoms with Crippen LogP contribution in [0.4, 0.5) is 5.82 Å². The Morgan fingerprint density at radius 1 is 1.24 bits per heavy atom. The molecule has 1 atom stereocenters. The molecular formula is C23H24N6O4. The molecule has 1 aliphatic heterocycles. The number of imidazole rings is 1. The molecule has 1 unspecified atom stereocenters. The van der Waals surface area contributed by atoms with Gasteiger partial charge in [0.1, 0.15) is 24.2 Å². The Hall–Kier alpha value is -3.95. The third-order valence-electron chi connectivity index (χ3n) is 5.71. The summed E-state index contributed by atoms with van der Waals surface area (Å²) in [4.78, 5) is 32.6. The van der Waals surface area contributed by atoms with Gasteiger partial charge in [0.2, 0.25) is 0 Å². The molecule has 0 aromatic carbocycles. The third kappa shape index (κ3) is 3.67. The number of carbonyl (C=O) groups is 1. The molecule has 4 aromatic rings. The lowest BCUT2D eigenvalue weighted by Crippen LogP contribution is -2.41. The lowest BCUT2D eigenvalue weighted by atomic mass is 10.2. The molecule has 0 saturated heterocycles. The van der Waals surface area contributed by atoms with E-state index in [1.165, 1.54) is 13.3 Å². The number of esters is 1. The molecule has 5 heterocycles. The van der Waals surface area contributed by atoms with Gasteiger partial charge in [-0.3, -0.25) is 0 Å². The van der Waals surface area contributed by atoms with Crippen LogP contribution in [-0.4, -0.2) is 56.8 Å². The summed E-state index contributed by atoms with van der Waals surface area (Å²) in [6.07, 6.45) is 4.89. The van der Waals surface area contributed by atoms with Crippen LogP contribution in [0.1, 0.15) is 35.8 Å². The normalized spacial score (nSPS) is 15.4. The lowest BCUT2D eigenvalue weighted by molar-refractivity contribution is 0.0600. The summed E-state index contributed by atoms with van der Waals surface area (Å²) in [5.41, 5.74) is 3.02. The zero-order valence-electron chi connectivity index (χ0n) is 18.9. The molecule has 0 N–H and O–H groups in total. The van der Waals surface area contributed by atoms with Crippen LogP contribution >= 0.6 is 0 Å². The van der Waals surface area contributed by atoms with E-state index in [0.717, 1.165) is 23.6 Å². The molecule has 10 heteroatoms. The van der Waals surface area contributed by atoms with Gasteiger partial charge >= 0.3 is 5.97 Å². The number of fused-ring (bicyclic) bond motifs is 2. The number of pyridine rings is 2. The number of methoxy groups -OCH3 is 1. The number of ether oxygens (including phenoxy) is 2. The van der Waals surface area contributed by atoms with E-state index in [4.69, 9.17) is 23.9 Å². The Morgan fingerprint density at radius 2 is 2.09 bits per heavy atom. The monoisotopic (exact) mass is 448 g/mol. The minimum Gasteiger partial charge on any atom is -0.488 e. The van der Waals surface area contributed by atoms with Crippen LogP contribution in [-0.2, 0) is 11.3 Å². The van der Waals surface area contributed by atoms with Gasteiger partial charge in [0.15, 0.2) is 23.1 Å². The minimum absolute atomic E-state index is 0.252. The van der Waals surface area contributed by atoms with Gasteiger partial charge in [0.25, 0.3) is 0 Å². The molecule has 10 nitrogen and oxygen atoms in total. The van der Waals surface area contributed by atoms with Crippen molar-refractivity contribution in [1.82, 2.24) is 24.5 Å². The summed E-state index contributed by atoms with van der Waals surface area (Å²) in [5.74, 6) is 2.29. The van der Waals surface area contributed by atoms with Crippen molar-refractivity contribution in [3.63, 3.8) is 0 Å². The predicted molar refractivity (Wildman–Crippen MR) is 120 cm³/mol. The van der Waals surface area contributed by atoms with Crippen molar-refractivity contribution in [3.05, 3.63) is 47.9 Å². The number of anilines is 1. The van der Waals surface area contributed by atoms with Crippen molar-refractivity contribution in [3.8, 4) is 17.1 Å². The van der Waals surface area contributed by atoms with E-state index in [-0.39, 0.29) is 6.04 Å². The highest BCUT2D eigenvalue weighted by Crippen LogP contribution is 2.35. The number of nitrogens with zero attached hydrogens (tertiary/aromatic N) is 6. The van der Waals surface area contributed by atoms with Crippen LogP contribution in [0.3, 0.4) is 0 Å². The van der Waals surface area contributed by atoms with Gasteiger partial charge in [0.05, 0.1) is 31.0 Å². The fraction of sp³-hybridized carbons (Fsp3) is 0.348. The van der Waals surface area contributed by atoms with Gasteiger partial charge in [-0.25, -0.2) is 24.7 Å². The van der Waals surface area contributed by atoms with Gasteiger partial charge < -0.3 is 23.4 Å². The van der Waals surface area contributed by atoms with Gasteiger partial charge in [-0.05, 0) is 26.0 Å².